The number of benzene rings is 1. The summed E-state index contributed by atoms with van der Waals surface area (Å²) < 4.78 is 23.4. The van der Waals surface area contributed by atoms with Gasteiger partial charge in [0.25, 0.3) is 5.19 Å². The van der Waals surface area contributed by atoms with E-state index in [2.05, 4.69) is 15.5 Å². The van der Waals surface area contributed by atoms with Crippen molar-refractivity contribution >= 4 is 22.9 Å². The van der Waals surface area contributed by atoms with Gasteiger partial charge in [-0.15, -0.1) is 5.10 Å². The Morgan fingerprint density at radius 3 is 3.00 bits per heavy atom. The monoisotopic (exact) mass is 317 g/mol. The average molecular weight is 318 g/mol. The second-order valence-corrected chi connectivity index (χ2v) is 5.24. The lowest BCUT2D eigenvalue weighted by atomic mass is 10.3. The van der Waals surface area contributed by atoms with Crippen molar-refractivity contribution in [2.24, 2.45) is 0 Å². The third-order valence-corrected chi connectivity index (χ3v) is 3.39. The number of nitrogens with zero attached hydrogens (tertiary/aromatic N) is 2. The Labute approximate surface area is 124 Å². The van der Waals surface area contributed by atoms with Crippen LogP contribution < -0.4 is 10.1 Å². The molecular weight excluding hydrogens is 305 g/mol. The summed E-state index contributed by atoms with van der Waals surface area (Å²) in [7, 11) is 1.65. The molecule has 20 heavy (non-hydrogen) atoms. The lowest BCUT2D eigenvalue weighted by Gasteiger charge is -2.01. The Bertz CT molecular complexity index is 567. The molecular formula is C12H13ClFN3O2S. The molecule has 0 saturated heterocycles. The molecule has 0 amide bonds. The maximum atomic E-state index is 13.0. The van der Waals surface area contributed by atoms with Crippen LogP contribution in [0.3, 0.4) is 0 Å². The fraction of sp³-hybridized carbons (Fsp3) is 0.333. The molecule has 0 aliphatic heterocycles. The largest absolute Gasteiger partial charge is 0.430 e. The fourth-order valence-corrected chi connectivity index (χ4v) is 2.21. The highest BCUT2D eigenvalue weighted by Gasteiger charge is 2.08. The Morgan fingerprint density at radius 2 is 2.25 bits per heavy atom. The molecule has 0 bridgehead atoms. The minimum Gasteiger partial charge on any atom is -0.430 e. The van der Waals surface area contributed by atoms with E-state index in [0.29, 0.717) is 24.1 Å². The predicted molar refractivity (Wildman–Crippen MR) is 75.0 cm³/mol. The lowest BCUT2D eigenvalue weighted by Crippen LogP contribution is -2.18. The van der Waals surface area contributed by atoms with Gasteiger partial charge in [0.2, 0.25) is 0 Å². The van der Waals surface area contributed by atoms with Crippen molar-refractivity contribution < 1.29 is 13.9 Å². The third kappa shape index (κ3) is 4.38. The molecule has 0 unspecified atom stereocenters. The Balaban J connectivity index is 1.90. The maximum Gasteiger partial charge on any atom is 0.299 e. The summed E-state index contributed by atoms with van der Waals surface area (Å²) in [5.41, 5.74) is 0. The van der Waals surface area contributed by atoms with E-state index in [-0.39, 0.29) is 5.02 Å². The molecule has 0 aliphatic rings. The second kappa shape index (κ2) is 7.49. The van der Waals surface area contributed by atoms with Gasteiger partial charge in [0.05, 0.1) is 11.6 Å². The van der Waals surface area contributed by atoms with Crippen LogP contribution in [0.25, 0.3) is 0 Å². The highest BCUT2D eigenvalue weighted by molar-refractivity contribution is 7.13. The molecule has 0 atom stereocenters. The summed E-state index contributed by atoms with van der Waals surface area (Å²) in [5, 5.41) is 12.2. The molecule has 0 spiro atoms. The zero-order valence-electron chi connectivity index (χ0n) is 10.7. The maximum absolute atomic E-state index is 13.0. The highest BCUT2D eigenvalue weighted by Crippen LogP contribution is 2.28. The van der Waals surface area contributed by atoms with Crippen LogP contribution in [-0.4, -0.2) is 30.5 Å². The van der Waals surface area contributed by atoms with Gasteiger partial charge in [-0.3, -0.25) is 0 Å². The molecule has 0 aliphatic carbocycles. The predicted octanol–water partition coefficient (Wildman–Crippen LogP) is 2.86. The number of hydrogen-bond acceptors (Lipinski definition) is 6. The van der Waals surface area contributed by atoms with E-state index in [1.165, 1.54) is 29.5 Å². The SMILES string of the molecule is COCCNCc1nnc(Oc2ccc(F)c(Cl)c2)s1. The number of ether oxygens (including phenoxy) is 2. The third-order valence-electron chi connectivity index (χ3n) is 2.30. The molecule has 108 valence electrons. The van der Waals surface area contributed by atoms with E-state index >= 15 is 0 Å². The number of halogens is 2. The summed E-state index contributed by atoms with van der Waals surface area (Å²) in [6.07, 6.45) is 0. The van der Waals surface area contributed by atoms with Crippen LogP contribution in [0, 0.1) is 5.82 Å². The van der Waals surface area contributed by atoms with Crippen molar-refractivity contribution in [2.45, 2.75) is 6.54 Å². The topological polar surface area (TPSA) is 56.3 Å². The summed E-state index contributed by atoms with van der Waals surface area (Å²) >= 11 is 6.99. The minimum atomic E-state index is -0.487. The smallest absolute Gasteiger partial charge is 0.299 e. The van der Waals surface area contributed by atoms with Crippen molar-refractivity contribution in [2.75, 3.05) is 20.3 Å². The van der Waals surface area contributed by atoms with Crippen LogP contribution in [0.5, 0.6) is 10.9 Å². The Morgan fingerprint density at radius 1 is 1.40 bits per heavy atom. The first-order valence-corrected chi connectivity index (χ1v) is 7.03. The van der Waals surface area contributed by atoms with Crippen LogP contribution >= 0.6 is 22.9 Å². The van der Waals surface area contributed by atoms with E-state index < -0.39 is 5.82 Å². The first-order chi connectivity index (χ1) is 9.69. The number of methoxy groups -OCH3 is 1. The van der Waals surface area contributed by atoms with E-state index in [1.54, 1.807) is 7.11 Å². The van der Waals surface area contributed by atoms with Crippen molar-refractivity contribution in [3.05, 3.63) is 34.0 Å². The standard InChI is InChI=1S/C12H13ClFN3O2S/c1-18-5-4-15-7-11-16-17-12(20-11)19-8-2-3-10(14)9(13)6-8/h2-3,6,15H,4-5,7H2,1H3. The van der Waals surface area contributed by atoms with E-state index in [4.69, 9.17) is 21.1 Å². The quantitative estimate of drug-likeness (QED) is 0.796. The molecule has 0 radical (unpaired) electrons. The summed E-state index contributed by atoms with van der Waals surface area (Å²) in [5.74, 6) is -0.0641. The molecule has 1 N–H and O–H groups in total. The van der Waals surface area contributed by atoms with Crippen LogP contribution in [0.1, 0.15) is 5.01 Å². The molecule has 1 heterocycles. The van der Waals surface area contributed by atoms with Gasteiger partial charge < -0.3 is 14.8 Å². The zero-order chi connectivity index (χ0) is 14.4. The highest BCUT2D eigenvalue weighted by atomic mass is 35.5. The van der Waals surface area contributed by atoms with Crippen molar-refractivity contribution in [1.82, 2.24) is 15.5 Å². The number of nitrogens with one attached hydrogen (secondary N) is 1. The van der Waals surface area contributed by atoms with Gasteiger partial charge in [-0.05, 0) is 12.1 Å². The molecule has 5 nitrogen and oxygen atoms in total. The van der Waals surface area contributed by atoms with Crippen molar-refractivity contribution in [3.8, 4) is 10.9 Å². The summed E-state index contributed by atoms with van der Waals surface area (Å²) in [4.78, 5) is 0. The minimum absolute atomic E-state index is 0.00784. The normalized spacial score (nSPS) is 10.8. The fourth-order valence-electron chi connectivity index (χ4n) is 1.36. The Hall–Kier alpha value is -1.28. The van der Waals surface area contributed by atoms with Crippen LogP contribution in [0.4, 0.5) is 4.39 Å². The van der Waals surface area contributed by atoms with Crippen molar-refractivity contribution in [1.29, 1.82) is 0 Å². The van der Waals surface area contributed by atoms with Crippen LogP contribution in [-0.2, 0) is 11.3 Å². The van der Waals surface area contributed by atoms with E-state index in [9.17, 15) is 4.39 Å². The zero-order valence-corrected chi connectivity index (χ0v) is 12.3. The number of aromatic nitrogens is 2. The summed E-state index contributed by atoms with van der Waals surface area (Å²) in [6, 6.07) is 4.12. The van der Waals surface area contributed by atoms with Gasteiger partial charge in [-0.25, -0.2) is 4.39 Å². The summed E-state index contributed by atoms with van der Waals surface area (Å²) in [6.45, 7) is 1.96. The van der Waals surface area contributed by atoms with E-state index in [1.807, 2.05) is 0 Å². The first kappa shape index (κ1) is 15.1. The van der Waals surface area contributed by atoms with Crippen LogP contribution in [0.15, 0.2) is 18.2 Å². The van der Waals surface area contributed by atoms with Gasteiger partial charge >= 0.3 is 0 Å². The molecule has 1 aromatic heterocycles. The van der Waals surface area contributed by atoms with Gasteiger partial charge in [-0.1, -0.05) is 28.0 Å². The number of hydrogen-bond donors (Lipinski definition) is 1. The lowest BCUT2D eigenvalue weighted by molar-refractivity contribution is 0.199. The van der Waals surface area contributed by atoms with Gasteiger partial charge in [-0.2, -0.15) is 0 Å². The van der Waals surface area contributed by atoms with Crippen molar-refractivity contribution in [3.63, 3.8) is 0 Å². The molecule has 1 aromatic carbocycles. The van der Waals surface area contributed by atoms with Gasteiger partial charge in [0.15, 0.2) is 0 Å². The molecule has 0 fully saturated rings. The van der Waals surface area contributed by atoms with Crippen LogP contribution in [0.2, 0.25) is 5.02 Å². The molecule has 2 rings (SSSR count). The van der Waals surface area contributed by atoms with Gasteiger partial charge in [0, 0.05) is 26.3 Å². The average Bonchev–Trinajstić information content (AvgIpc) is 2.87. The molecule has 2 aromatic rings. The Kier molecular flexibility index (Phi) is 5.66. The molecule has 0 saturated carbocycles. The molecule has 8 heteroatoms. The first-order valence-electron chi connectivity index (χ1n) is 5.84. The second-order valence-electron chi connectivity index (χ2n) is 3.81. The van der Waals surface area contributed by atoms with Gasteiger partial charge in [0.1, 0.15) is 16.6 Å². The van der Waals surface area contributed by atoms with E-state index in [0.717, 1.165) is 11.6 Å². The number of rotatable bonds is 7.